The lowest BCUT2D eigenvalue weighted by Crippen LogP contribution is -2.33. The minimum Gasteiger partial charge on any atom is -0.363 e. The van der Waals surface area contributed by atoms with E-state index in [4.69, 9.17) is 0 Å². The number of hydrogen-bond acceptors (Lipinski definition) is 2. The molecule has 0 amide bonds. The molecule has 2 aliphatic heterocycles. The number of rotatable bonds is 3. The van der Waals surface area contributed by atoms with Crippen molar-refractivity contribution in [3.8, 4) is 0 Å². The first-order valence-corrected chi connectivity index (χ1v) is 9.46. The van der Waals surface area contributed by atoms with Crippen LogP contribution in [0.1, 0.15) is 60.2 Å². The fourth-order valence-corrected chi connectivity index (χ4v) is 4.50. The normalized spacial score (nSPS) is 24.5. The van der Waals surface area contributed by atoms with Gasteiger partial charge in [0.2, 0.25) is 0 Å². The minimum atomic E-state index is 0.517. The first kappa shape index (κ1) is 15.8. The summed E-state index contributed by atoms with van der Waals surface area (Å²) in [5.41, 5.74) is 6.92. The summed E-state index contributed by atoms with van der Waals surface area (Å²) in [5, 5.41) is 3.47. The SMILES string of the molecule is Cc1cc(N2CCCCC2c2ccc(C3CCNC3)cc2)c(C)[nH]1. The average Bonchev–Trinajstić information content (AvgIpc) is 3.25. The number of aryl methyl sites for hydroxylation is 2. The maximum absolute atomic E-state index is 3.47. The predicted molar refractivity (Wildman–Crippen MR) is 101 cm³/mol. The van der Waals surface area contributed by atoms with Crippen LogP contribution in [0.25, 0.3) is 0 Å². The van der Waals surface area contributed by atoms with Gasteiger partial charge in [0.25, 0.3) is 0 Å². The van der Waals surface area contributed by atoms with E-state index in [0.717, 1.165) is 19.6 Å². The lowest BCUT2D eigenvalue weighted by atomic mass is 9.91. The second-order valence-electron chi connectivity index (χ2n) is 7.52. The van der Waals surface area contributed by atoms with E-state index in [1.807, 2.05) is 0 Å². The lowest BCUT2D eigenvalue weighted by Gasteiger charge is -2.38. The first-order valence-electron chi connectivity index (χ1n) is 9.46. The van der Waals surface area contributed by atoms with Crippen LogP contribution in [-0.2, 0) is 0 Å². The van der Waals surface area contributed by atoms with Crippen LogP contribution in [0.3, 0.4) is 0 Å². The van der Waals surface area contributed by atoms with E-state index in [9.17, 15) is 0 Å². The van der Waals surface area contributed by atoms with E-state index < -0.39 is 0 Å². The molecule has 2 aromatic rings. The molecule has 2 unspecified atom stereocenters. The van der Waals surface area contributed by atoms with Crippen LogP contribution < -0.4 is 10.2 Å². The molecule has 3 heteroatoms. The van der Waals surface area contributed by atoms with Crippen molar-refractivity contribution in [3.05, 3.63) is 52.8 Å². The fraction of sp³-hybridized carbons (Fsp3) is 0.524. The van der Waals surface area contributed by atoms with Crippen molar-refractivity contribution in [1.82, 2.24) is 10.3 Å². The summed E-state index contributed by atoms with van der Waals surface area (Å²) in [6.07, 6.45) is 5.16. The number of anilines is 1. The van der Waals surface area contributed by atoms with Gasteiger partial charge in [0.15, 0.2) is 0 Å². The second kappa shape index (κ2) is 6.64. The van der Waals surface area contributed by atoms with Gasteiger partial charge in [-0.05, 0) is 69.2 Å². The third-order valence-corrected chi connectivity index (χ3v) is 5.79. The Bertz CT molecular complexity index is 680. The van der Waals surface area contributed by atoms with E-state index >= 15 is 0 Å². The van der Waals surface area contributed by atoms with Crippen LogP contribution in [-0.4, -0.2) is 24.6 Å². The topological polar surface area (TPSA) is 31.1 Å². The summed E-state index contributed by atoms with van der Waals surface area (Å²) in [7, 11) is 0. The van der Waals surface area contributed by atoms with Gasteiger partial charge < -0.3 is 15.2 Å². The molecule has 4 rings (SSSR count). The van der Waals surface area contributed by atoms with Crippen molar-refractivity contribution in [2.24, 2.45) is 0 Å². The summed E-state index contributed by atoms with van der Waals surface area (Å²) >= 11 is 0. The Morgan fingerprint density at radius 3 is 2.46 bits per heavy atom. The Kier molecular flexibility index (Phi) is 4.36. The van der Waals surface area contributed by atoms with Crippen LogP contribution >= 0.6 is 0 Å². The van der Waals surface area contributed by atoms with Gasteiger partial charge in [0.05, 0.1) is 11.7 Å². The highest BCUT2D eigenvalue weighted by molar-refractivity contribution is 5.55. The fourth-order valence-electron chi connectivity index (χ4n) is 4.50. The molecule has 0 spiro atoms. The summed E-state index contributed by atoms with van der Waals surface area (Å²) in [6.45, 7) is 7.81. The molecule has 1 aromatic heterocycles. The molecular weight excluding hydrogens is 294 g/mol. The van der Waals surface area contributed by atoms with Gasteiger partial charge in [-0.25, -0.2) is 0 Å². The molecule has 0 aliphatic carbocycles. The van der Waals surface area contributed by atoms with Crippen molar-refractivity contribution < 1.29 is 0 Å². The third-order valence-electron chi connectivity index (χ3n) is 5.79. The summed E-state index contributed by atoms with van der Waals surface area (Å²) < 4.78 is 0. The van der Waals surface area contributed by atoms with Crippen LogP contribution in [0.15, 0.2) is 30.3 Å². The molecule has 0 saturated carbocycles. The first-order chi connectivity index (χ1) is 11.7. The van der Waals surface area contributed by atoms with Crippen LogP contribution in [0.5, 0.6) is 0 Å². The Hall–Kier alpha value is -1.74. The molecule has 2 fully saturated rings. The molecule has 0 bridgehead atoms. The molecule has 2 aliphatic rings. The number of H-pyrrole nitrogens is 1. The zero-order chi connectivity index (χ0) is 16.5. The molecular formula is C21H29N3. The Morgan fingerprint density at radius 1 is 1.00 bits per heavy atom. The maximum Gasteiger partial charge on any atom is 0.0582 e. The monoisotopic (exact) mass is 323 g/mol. The Balaban J connectivity index is 1.59. The van der Waals surface area contributed by atoms with E-state index in [0.29, 0.717) is 12.0 Å². The Morgan fingerprint density at radius 2 is 1.79 bits per heavy atom. The summed E-state index contributed by atoms with van der Waals surface area (Å²) in [4.78, 5) is 6.09. The molecule has 128 valence electrons. The van der Waals surface area contributed by atoms with Gasteiger partial charge in [0, 0.05) is 24.5 Å². The van der Waals surface area contributed by atoms with Crippen LogP contribution in [0.2, 0.25) is 0 Å². The van der Waals surface area contributed by atoms with Gasteiger partial charge in [-0.1, -0.05) is 24.3 Å². The number of aromatic nitrogens is 1. The van der Waals surface area contributed by atoms with Crippen molar-refractivity contribution in [1.29, 1.82) is 0 Å². The quantitative estimate of drug-likeness (QED) is 0.875. The van der Waals surface area contributed by atoms with Gasteiger partial charge in [-0.2, -0.15) is 0 Å². The lowest BCUT2D eigenvalue weighted by molar-refractivity contribution is 0.472. The van der Waals surface area contributed by atoms with E-state index in [1.165, 1.54) is 53.9 Å². The van der Waals surface area contributed by atoms with E-state index in [1.54, 1.807) is 0 Å². The van der Waals surface area contributed by atoms with Crippen molar-refractivity contribution in [2.75, 3.05) is 24.5 Å². The minimum absolute atomic E-state index is 0.517. The number of nitrogens with one attached hydrogen (secondary N) is 2. The van der Waals surface area contributed by atoms with Crippen molar-refractivity contribution >= 4 is 5.69 Å². The molecule has 24 heavy (non-hydrogen) atoms. The highest BCUT2D eigenvalue weighted by Gasteiger charge is 2.26. The van der Waals surface area contributed by atoms with E-state index in [-0.39, 0.29) is 0 Å². The van der Waals surface area contributed by atoms with Gasteiger partial charge in [0.1, 0.15) is 0 Å². The molecule has 1 aromatic carbocycles. The highest BCUT2D eigenvalue weighted by Crippen LogP contribution is 2.37. The largest absolute Gasteiger partial charge is 0.363 e. The molecule has 3 nitrogen and oxygen atoms in total. The average molecular weight is 323 g/mol. The number of nitrogens with zero attached hydrogens (tertiary/aromatic N) is 1. The van der Waals surface area contributed by atoms with Crippen molar-refractivity contribution in [3.63, 3.8) is 0 Å². The van der Waals surface area contributed by atoms with E-state index in [2.05, 4.69) is 59.4 Å². The molecule has 2 saturated heterocycles. The smallest absolute Gasteiger partial charge is 0.0582 e. The molecule has 3 heterocycles. The summed E-state index contributed by atoms with van der Waals surface area (Å²) in [5.74, 6) is 0.705. The zero-order valence-electron chi connectivity index (χ0n) is 14.9. The number of hydrogen-bond donors (Lipinski definition) is 2. The van der Waals surface area contributed by atoms with Gasteiger partial charge in [-0.15, -0.1) is 0 Å². The third kappa shape index (κ3) is 2.98. The summed E-state index contributed by atoms with van der Waals surface area (Å²) in [6, 6.07) is 12.3. The molecule has 0 radical (unpaired) electrons. The second-order valence-corrected chi connectivity index (χ2v) is 7.52. The molecule has 2 N–H and O–H groups in total. The van der Waals surface area contributed by atoms with Gasteiger partial charge in [-0.3, -0.25) is 0 Å². The maximum atomic E-state index is 3.47. The molecule has 2 atom stereocenters. The number of piperidine rings is 1. The standard InChI is InChI=1S/C21H29N3/c1-15-13-21(16(2)23-15)24-12-4-3-5-20(24)18-8-6-17(7-9-18)19-10-11-22-14-19/h6-9,13,19-20,22-23H,3-5,10-12,14H2,1-2H3. The van der Waals surface area contributed by atoms with Crippen LogP contribution in [0.4, 0.5) is 5.69 Å². The zero-order valence-corrected chi connectivity index (χ0v) is 14.9. The van der Waals surface area contributed by atoms with Crippen molar-refractivity contribution in [2.45, 2.75) is 51.5 Å². The number of aromatic amines is 1. The Labute approximate surface area is 145 Å². The highest BCUT2D eigenvalue weighted by atomic mass is 15.2. The van der Waals surface area contributed by atoms with Crippen LogP contribution in [0, 0.1) is 13.8 Å². The van der Waals surface area contributed by atoms with Gasteiger partial charge >= 0.3 is 0 Å². The number of benzene rings is 1. The predicted octanol–water partition coefficient (Wildman–Crippen LogP) is 4.44.